The van der Waals surface area contributed by atoms with Crippen LogP contribution in [0.1, 0.15) is 47.3 Å². The molecule has 4 aromatic carbocycles. The zero-order valence-electron chi connectivity index (χ0n) is 35.5. The molecule has 6 N–H and O–H groups in total. The van der Waals surface area contributed by atoms with Gasteiger partial charge in [0.05, 0.1) is 6.54 Å². The number of anilines is 1. The monoisotopic (exact) mass is 884 g/mol. The number of hydrogen-bond acceptors (Lipinski definition) is 8. The van der Waals surface area contributed by atoms with Crippen LogP contribution in [0.3, 0.4) is 0 Å². The molecule has 64 heavy (non-hydrogen) atoms. The Bertz CT molecular complexity index is 2380. The fourth-order valence-corrected chi connectivity index (χ4v) is 8.17. The van der Waals surface area contributed by atoms with Crippen LogP contribution in [0.2, 0.25) is 0 Å². The fraction of sp³-hybridized carbons (Fsp3) is 0.286. The van der Waals surface area contributed by atoms with E-state index in [2.05, 4.69) is 26.6 Å². The number of rotatable bonds is 20. The molecule has 6 amide bonds. The van der Waals surface area contributed by atoms with Gasteiger partial charge < -0.3 is 36.6 Å². The zero-order chi connectivity index (χ0) is 45.4. The molecule has 14 nitrogen and oxygen atoms in total. The summed E-state index contributed by atoms with van der Waals surface area (Å²) in [6, 6.07) is 32.6. The molecular weight excluding hydrogens is 833 g/mol. The first-order valence-electron chi connectivity index (χ1n) is 21.2. The summed E-state index contributed by atoms with van der Waals surface area (Å²) in [5, 5.41) is 25.2. The summed E-state index contributed by atoms with van der Waals surface area (Å²) in [4.78, 5) is 95.5. The van der Waals surface area contributed by atoms with E-state index in [1.807, 2.05) is 97.2 Å². The number of likely N-dealkylation sites (tertiary alicyclic amines) is 1. The molecule has 2 heterocycles. The molecule has 1 aromatic heterocycles. The van der Waals surface area contributed by atoms with E-state index in [1.54, 1.807) is 36.4 Å². The molecule has 0 saturated carbocycles. The van der Waals surface area contributed by atoms with Crippen LogP contribution >= 0.6 is 11.3 Å². The van der Waals surface area contributed by atoms with Gasteiger partial charge in [-0.2, -0.15) is 0 Å². The van der Waals surface area contributed by atoms with Crippen molar-refractivity contribution >= 4 is 58.4 Å². The predicted octanol–water partition coefficient (Wildman–Crippen LogP) is 4.82. The van der Waals surface area contributed by atoms with Crippen LogP contribution in [-0.4, -0.2) is 88.7 Å². The van der Waals surface area contributed by atoms with Crippen molar-refractivity contribution in [2.24, 2.45) is 0 Å². The minimum Gasteiger partial charge on any atom is -0.480 e. The third-order valence-electron chi connectivity index (χ3n) is 10.9. The Morgan fingerprint density at radius 3 is 1.84 bits per heavy atom. The Hall–Kier alpha value is -7.13. The number of thiophene rings is 1. The lowest BCUT2D eigenvalue weighted by atomic mass is 9.99. The van der Waals surface area contributed by atoms with E-state index in [-0.39, 0.29) is 44.6 Å². The molecule has 1 saturated heterocycles. The van der Waals surface area contributed by atoms with Crippen LogP contribution in [0.5, 0.6) is 0 Å². The van der Waals surface area contributed by atoms with Crippen molar-refractivity contribution in [1.29, 1.82) is 0 Å². The standard InChI is InChI=1S/C49H52N6O8S/c1-32-16-22-37(23-17-32)51-43(56)24-25-44(57)52-41(30-38-14-9-27-64-38)48(61)54-40(29-34-18-20-36(21-19-34)35-12-6-3-7-13-35)47(60)53-39(28-33-10-4-2-5-11-33)46(59)50-31-45(58)55-26-8-15-42(55)49(62)63/h2-7,9-14,16-23,27,39-42H,8,15,24-26,28-31H2,1H3,(H,50,59)(H,51,56)(H,52,57)(H,53,60)(H,54,61)(H,62,63)/t39-,40+,41-,42+/m1/s1. The van der Waals surface area contributed by atoms with E-state index in [1.165, 1.54) is 16.2 Å². The highest BCUT2D eigenvalue weighted by Crippen LogP contribution is 2.21. The molecule has 1 fully saturated rings. The van der Waals surface area contributed by atoms with E-state index in [4.69, 9.17) is 0 Å². The lowest BCUT2D eigenvalue weighted by molar-refractivity contribution is -0.148. The van der Waals surface area contributed by atoms with Crippen LogP contribution in [0.4, 0.5) is 5.69 Å². The number of nitrogens with one attached hydrogen (secondary N) is 5. The van der Waals surface area contributed by atoms with Crippen molar-refractivity contribution in [3.63, 3.8) is 0 Å². The summed E-state index contributed by atoms with van der Waals surface area (Å²) in [6.07, 6.45) is 0.660. The average molecular weight is 885 g/mol. The van der Waals surface area contributed by atoms with Gasteiger partial charge in [-0.1, -0.05) is 109 Å². The van der Waals surface area contributed by atoms with Crippen LogP contribution < -0.4 is 26.6 Å². The van der Waals surface area contributed by atoms with E-state index < -0.39 is 66.2 Å². The number of aryl methyl sites for hydroxylation is 1. The van der Waals surface area contributed by atoms with Gasteiger partial charge in [0.25, 0.3) is 0 Å². The fourth-order valence-electron chi connectivity index (χ4n) is 7.42. The average Bonchev–Trinajstić information content (AvgIpc) is 4.02. The van der Waals surface area contributed by atoms with E-state index in [0.717, 1.165) is 21.6 Å². The van der Waals surface area contributed by atoms with Gasteiger partial charge in [-0.3, -0.25) is 28.8 Å². The molecule has 1 aliphatic rings. The molecule has 5 aromatic rings. The van der Waals surface area contributed by atoms with Crippen molar-refractivity contribution < 1.29 is 38.7 Å². The number of carbonyl (C=O) groups is 7. The molecule has 15 heteroatoms. The van der Waals surface area contributed by atoms with Gasteiger partial charge in [-0.25, -0.2) is 4.79 Å². The number of aliphatic carboxylic acids is 1. The number of carbonyl (C=O) groups excluding carboxylic acids is 6. The van der Waals surface area contributed by atoms with Crippen LogP contribution in [-0.2, 0) is 52.8 Å². The van der Waals surface area contributed by atoms with Gasteiger partial charge in [0.1, 0.15) is 24.2 Å². The minimum atomic E-state index is -1.24. The quantitative estimate of drug-likeness (QED) is 0.0639. The number of nitrogens with zero attached hydrogens (tertiary/aromatic N) is 1. The van der Waals surface area contributed by atoms with Gasteiger partial charge in [0, 0.05) is 49.2 Å². The summed E-state index contributed by atoms with van der Waals surface area (Å²) in [7, 11) is 0. The first-order valence-corrected chi connectivity index (χ1v) is 22.1. The number of amides is 6. The molecular formula is C49H52N6O8S. The number of hydrogen-bond donors (Lipinski definition) is 6. The van der Waals surface area contributed by atoms with Crippen LogP contribution in [0.25, 0.3) is 11.1 Å². The first kappa shape index (κ1) is 46.4. The Kier molecular flexibility index (Phi) is 16.5. The van der Waals surface area contributed by atoms with E-state index >= 15 is 0 Å². The van der Waals surface area contributed by atoms with Crippen molar-refractivity contribution in [2.75, 3.05) is 18.4 Å². The summed E-state index contributed by atoms with van der Waals surface area (Å²) >= 11 is 1.40. The molecule has 0 aliphatic carbocycles. The lowest BCUT2D eigenvalue weighted by Crippen LogP contribution is -2.58. The summed E-state index contributed by atoms with van der Waals surface area (Å²) in [5.74, 6) is -4.60. The molecule has 0 radical (unpaired) electrons. The Labute approximate surface area is 375 Å². The highest BCUT2D eigenvalue weighted by atomic mass is 32.1. The van der Waals surface area contributed by atoms with Crippen LogP contribution in [0, 0.1) is 6.92 Å². The summed E-state index contributed by atoms with van der Waals surface area (Å²) < 4.78 is 0. The van der Waals surface area contributed by atoms with Crippen molar-refractivity contribution in [1.82, 2.24) is 26.2 Å². The van der Waals surface area contributed by atoms with Gasteiger partial charge in [0.2, 0.25) is 35.4 Å². The predicted molar refractivity (Wildman–Crippen MR) is 244 cm³/mol. The van der Waals surface area contributed by atoms with Gasteiger partial charge in [-0.15, -0.1) is 11.3 Å². The topological polar surface area (TPSA) is 203 Å². The first-order chi connectivity index (χ1) is 30.9. The van der Waals surface area contributed by atoms with Gasteiger partial charge in [0.15, 0.2) is 0 Å². The Balaban J connectivity index is 1.20. The number of carboxylic acid groups (broad SMARTS) is 1. The number of benzene rings is 4. The third-order valence-corrected chi connectivity index (χ3v) is 11.8. The molecule has 0 spiro atoms. The molecule has 0 bridgehead atoms. The maximum Gasteiger partial charge on any atom is 0.326 e. The van der Waals surface area contributed by atoms with Gasteiger partial charge in [-0.05, 0) is 65.6 Å². The van der Waals surface area contributed by atoms with Gasteiger partial charge >= 0.3 is 5.97 Å². The van der Waals surface area contributed by atoms with Crippen molar-refractivity contribution in [3.05, 3.63) is 148 Å². The summed E-state index contributed by atoms with van der Waals surface area (Å²) in [5.41, 5.74) is 4.98. The van der Waals surface area contributed by atoms with Crippen molar-refractivity contribution in [2.45, 2.75) is 76.0 Å². The maximum absolute atomic E-state index is 14.5. The largest absolute Gasteiger partial charge is 0.480 e. The zero-order valence-corrected chi connectivity index (χ0v) is 36.3. The Morgan fingerprint density at radius 1 is 0.641 bits per heavy atom. The smallest absolute Gasteiger partial charge is 0.326 e. The normalized spacial score (nSPS) is 14.6. The SMILES string of the molecule is Cc1ccc(NC(=O)CCC(=O)N[C@H](Cc2cccs2)C(=O)N[C@@H](Cc2ccc(-c3ccccc3)cc2)C(=O)N[C@H](Cc2ccccc2)C(=O)NCC(=O)N2CCC[C@H]2C(=O)O)cc1. The molecule has 4 atom stereocenters. The van der Waals surface area contributed by atoms with Crippen LogP contribution in [0.15, 0.2) is 127 Å². The second-order valence-electron chi connectivity index (χ2n) is 15.7. The third kappa shape index (κ3) is 13.7. The number of carboxylic acids is 1. The Morgan fingerprint density at radius 2 is 1.22 bits per heavy atom. The van der Waals surface area contributed by atoms with E-state index in [0.29, 0.717) is 29.7 Å². The molecule has 6 rings (SSSR count). The molecule has 1 aliphatic heterocycles. The summed E-state index contributed by atoms with van der Waals surface area (Å²) in [6.45, 7) is 1.71. The minimum absolute atomic E-state index is 0.00912. The molecule has 0 unspecified atom stereocenters. The second kappa shape index (κ2) is 22.8. The highest BCUT2D eigenvalue weighted by Gasteiger charge is 2.35. The second-order valence-corrected chi connectivity index (χ2v) is 16.7. The highest BCUT2D eigenvalue weighted by molar-refractivity contribution is 7.09. The molecule has 332 valence electrons. The van der Waals surface area contributed by atoms with E-state index in [9.17, 15) is 38.7 Å². The lowest BCUT2D eigenvalue weighted by Gasteiger charge is -2.26. The maximum atomic E-state index is 14.5. The van der Waals surface area contributed by atoms with Crippen molar-refractivity contribution in [3.8, 4) is 11.1 Å².